The van der Waals surface area contributed by atoms with E-state index in [-0.39, 0.29) is 6.61 Å². The van der Waals surface area contributed by atoms with E-state index in [2.05, 4.69) is 34.5 Å². The lowest BCUT2D eigenvalue weighted by Crippen LogP contribution is -2.23. The van der Waals surface area contributed by atoms with Crippen LogP contribution in [0.5, 0.6) is 0 Å². The van der Waals surface area contributed by atoms with Crippen LogP contribution in [0.25, 0.3) is 10.9 Å². The van der Waals surface area contributed by atoms with Crippen LogP contribution >= 0.6 is 0 Å². The Hall–Kier alpha value is -2.63. The number of aromatic nitrogens is 1. The minimum atomic E-state index is -0.786. The Morgan fingerprint density at radius 2 is 1.72 bits per heavy atom. The van der Waals surface area contributed by atoms with Crippen LogP contribution in [0.15, 0.2) is 54.6 Å². The highest BCUT2D eigenvalue weighted by Crippen LogP contribution is 2.32. The van der Waals surface area contributed by atoms with Crippen molar-refractivity contribution in [1.29, 1.82) is 0 Å². The summed E-state index contributed by atoms with van der Waals surface area (Å²) in [7, 11) is 0. The fraction of sp³-hybridized carbons (Fsp3) is 0.250. The summed E-state index contributed by atoms with van der Waals surface area (Å²) in [6.07, 6.45) is -0.786. The number of anilines is 2. The number of nitrogens with zero attached hydrogens (tertiary/aromatic N) is 2. The third-order valence-corrected chi connectivity index (χ3v) is 4.61. The Morgan fingerprint density at radius 3 is 2.44 bits per heavy atom. The van der Waals surface area contributed by atoms with Gasteiger partial charge in [-0.15, -0.1) is 0 Å². The fourth-order valence-electron chi connectivity index (χ4n) is 3.26. The summed E-state index contributed by atoms with van der Waals surface area (Å²) in [5, 5.41) is 22.9. The van der Waals surface area contributed by atoms with Gasteiger partial charge in [0.05, 0.1) is 18.2 Å². The van der Waals surface area contributed by atoms with Crippen LogP contribution in [0, 0.1) is 0 Å². The van der Waals surface area contributed by atoms with Gasteiger partial charge in [-0.05, 0) is 17.2 Å². The molecule has 25 heavy (non-hydrogen) atoms. The largest absolute Gasteiger partial charge is 0.394 e. The van der Waals surface area contributed by atoms with E-state index >= 15 is 0 Å². The molecule has 1 aromatic heterocycles. The van der Waals surface area contributed by atoms with Gasteiger partial charge in [0.1, 0.15) is 5.82 Å². The van der Waals surface area contributed by atoms with E-state index in [4.69, 9.17) is 10.1 Å². The van der Waals surface area contributed by atoms with Crippen molar-refractivity contribution in [3.63, 3.8) is 0 Å². The highest BCUT2D eigenvalue weighted by molar-refractivity contribution is 5.93. The molecule has 1 aliphatic heterocycles. The third-order valence-electron chi connectivity index (χ3n) is 4.61. The number of para-hydroxylation sites is 1. The van der Waals surface area contributed by atoms with Crippen molar-refractivity contribution in [2.24, 2.45) is 0 Å². The molecule has 5 nitrogen and oxygen atoms in total. The van der Waals surface area contributed by atoms with Gasteiger partial charge in [-0.1, -0.05) is 42.5 Å². The second-order valence-electron chi connectivity index (χ2n) is 6.39. The van der Waals surface area contributed by atoms with E-state index in [1.807, 2.05) is 30.3 Å². The summed E-state index contributed by atoms with van der Waals surface area (Å²) in [4.78, 5) is 7.08. The number of hydrogen-bond acceptors (Lipinski definition) is 5. The van der Waals surface area contributed by atoms with E-state index in [9.17, 15) is 5.11 Å². The Morgan fingerprint density at radius 1 is 1.04 bits per heavy atom. The first-order valence-corrected chi connectivity index (χ1v) is 8.49. The predicted octanol–water partition coefficient (Wildman–Crippen LogP) is 2.52. The zero-order valence-electron chi connectivity index (χ0n) is 13.9. The highest BCUT2D eigenvalue weighted by Gasteiger charge is 2.20. The maximum atomic E-state index is 9.65. The molecular weight excluding hydrogens is 314 g/mol. The molecule has 0 bridgehead atoms. The molecule has 5 heteroatoms. The molecule has 0 fully saturated rings. The van der Waals surface area contributed by atoms with E-state index in [1.54, 1.807) is 0 Å². The molecule has 3 aromatic rings. The average Bonchev–Trinajstić information content (AvgIpc) is 3.09. The fourth-order valence-corrected chi connectivity index (χ4v) is 3.26. The molecule has 0 radical (unpaired) electrons. The molecule has 0 saturated heterocycles. The van der Waals surface area contributed by atoms with Gasteiger partial charge in [-0.3, -0.25) is 0 Å². The molecule has 0 saturated carbocycles. The van der Waals surface area contributed by atoms with Gasteiger partial charge >= 0.3 is 0 Å². The van der Waals surface area contributed by atoms with Gasteiger partial charge in [-0.25, -0.2) is 4.98 Å². The molecule has 1 unspecified atom stereocenters. The lowest BCUT2D eigenvalue weighted by atomic mass is 10.1. The van der Waals surface area contributed by atoms with E-state index < -0.39 is 6.10 Å². The quantitative estimate of drug-likeness (QED) is 0.668. The van der Waals surface area contributed by atoms with Crippen LogP contribution in [0.2, 0.25) is 0 Å². The summed E-state index contributed by atoms with van der Waals surface area (Å²) in [6, 6.07) is 18.4. The van der Waals surface area contributed by atoms with Crippen molar-refractivity contribution in [3.05, 3.63) is 65.7 Å². The summed E-state index contributed by atoms with van der Waals surface area (Å²) in [5.41, 5.74) is 4.51. The first-order chi connectivity index (χ1) is 12.2. The van der Waals surface area contributed by atoms with Crippen molar-refractivity contribution < 1.29 is 10.2 Å². The molecule has 0 spiro atoms. The number of aliphatic hydroxyl groups is 2. The average molecular weight is 335 g/mol. The zero-order valence-corrected chi connectivity index (χ0v) is 13.9. The van der Waals surface area contributed by atoms with Crippen molar-refractivity contribution >= 4 is 22.4 Å². The number of hydrogen-bond donors (Lipinski definition) is 3. The molecule has 2 aromatic carbocycles. The van der Waals surface area contributed by atoms with E-state index in [1.165, 1.54) is 11.1 Å². The lowest BCUT2D eigenvalue weighted by molar-refractivity contribution is 0.105. The summed E-state index contributed by atoms with van der Waals surface area (Å²) >= 11 is 0. The first-order valence-electron chi connectivity index (χ1n) is 8.49. The van der Waals surface area contributed by atoms with Gasteiger partial charge in [0.15, 0.2) is 0 Å². The Kier molecular flexibility index (Phi) is 4.26. The van der Waals surface area contributed by atoms with Crippen LogP contribution < -0.4 is 10.2 Å². The van der Waals surface area contributed by atoms with Crippen molar-refractivity contribution in [2.45, 2.75) is 19.2 Å². The number of rotatable bonds is 5. The second-order valence-corrected chi connectivity index (χ2v) is 6.39. The number of benzene rings is 2. The molecule has 0 amide bonds. The van der Waals surface area contributed by atoms with Crippen LogP contribution in [0.3, 0.4) is 0 Å². The summed E-state index contributed by atoms with van der Waals surface area (Å²) < 4.78 is 0. The molecule has 0 aliphatic carbocycles. The molecule has 3 N–H and O–H groups in total. The van der Waals surface area contributed by atoms with Crippen LogP contribution in [-0.2, 0) is 13.1 Å². The number of fused-ring (bicyclic) bond motifs is 2. The second kappa shape index (κ2) is 6.70. The van der Waals surface area contributed by atoms with Crippen LogP contribution in [-0.4, -0.2) is 34.5 Å². The normalized spacial score (nSPS) is 14.6. The number of pyridine rings is 1. The van der Waals surface area contributed by atoms with E-state index in [0.29, 0.717) is 6.54 Å². The molecule has 1 aliphatic rings. The van der Waals surface area contributed by atoms with E-state index in [0.717, 1.165) is 35.5 Å². The van der Waals surface area contributed by atoms with Crippen LogP contribution in [0.4, 0.5) is 11.5 Å². The van der Waals surface area contributed by atoms with Gasteiger partial charge in [0.25, 0.3) is 0 Å². The van der Waals surface area contributed by atoms with Crippen molar-refractivity contribution in [1.82, 2.24) is 4.98 Å². The minimum Gasteiger partial charge on any atom is -0.394 e. The number of nitrogens with one attached hydrogen (secondary N) is 1. The van der Waals surface area contributed by atoms with Gasteiger partial charge in [-0.2, -0.15) is 0 Å². The SMILES string of the molecule is OCC(O)CNc1cc(N2Cc3ccccc3C2)nc2ccccc12. The standard InChI is InChI=1S/C20H21N3O2/c24-13-16(25)10-21-19-9-20(22-18-8-4-3-7-17(18)19)23-11-14-5-1-2-6-15(14)12-23/h1-9,16,24-25H,10-13H2,(H,21,22). The monoisotopic (exact) mass is 335 g/mol. The maximum Gasteiger partial charge on any atom is 0.131 e. The Bertz CT molecular complexity index is 872. The Labute approximate surface area is 146 Å². The summed E-state index contributed by atoms with van der Waals surface area (Å²) in [6.45, 7) is 1.73. The molecule has 4 rings (SSSR count). The van der Waals surface area contributed by atoms with Gasteiger partial charge in [0, 0.05) is 36.8 Å². The molecule has 128 valence electrons. The van der Waals surface area contributed by atoms with Gasteiger partial charge in [0.2, 0.25) is 0 Å². The zero-order chi connectivity index (χ0) is 17.2. The van der Waals surface area contributed by atoms with Gasteiger partial charge < -0.3 is 20.4 Å². The minimum absolute atomic E-state index is 0.260. The van der Waals surface area contributed by atoms with Crippen molar-refractivity contribution in [3.8, 4) is 0 Å². The maximum absolute atomic E-state index is 9.65. The third kappa shape index (κ3) is 3.16. The lowest BCUT2D eigenvalue weighted by Gasteiger charge is -2.20. The molecular formula is C20H21N3O2. The Balaban J connectivity index is 1.68. The smallest absolute Gasteiger partial charge is 0.131 e. The summed E-state index contributed by atoms with van der Waals surface area (Å²) in [5.74, 6) is 0.913. The predicted molar refractivity (Wildman–Crippen MR) is 99.7 cm³/mol. The highest BCUT2D eigenvalue weighted by atomic mass is 16.3. The first kappa shape index (κ1) is 15.9. The molecule has 2 heterocycles. The van der Waals surface area contributed by atoms with Crippen molar-refractivity contribution in [2.75, 3.05) is 23.4 Å². The van der Waals surface area contributed by atoms with Crippen LogP contribution in [0.1, 0.15) is 11.1 Å². The number of aliphatic hydroxyl groups excluding tert-OH is 2. The topological polar surface area (TPSA) is 68.6 Å². The molecule has 1 atom stereocenters.